The minimum atomic E-state index is -1.22. The number of carbonyl (C=O) groups is 1. The molecule has 0 spiro atoms. The molecule has 0 saturated heterocycles. The van der Waals surface area contributed by atoms with E-state index < -0.39 is 18.1 Å². The van der Waals surface area contributed by atoms with Crippen LogP contribution in [0.3, 0.4) is 0 Å². The number of guanidine groups is 2. The number of nitrogens with one attached hydrogen (secondary N) is 4. The lowest BCUT2D eigenvalue weighted by molar-refractivity contribution is 0.0174. The van der Waals surface area contributed by atoms with Gasteiger partial charge < -0.3 is 43.0 Å². The van der Waals surface area contributed by atoms with Gasteiger partial charge in [-0.15, -0.1) is 0 Å². The third-order valence-corrected chi connectivity index (χ3v) is 0.489. The Morgan fingerprint density at radius 1 is 0.875 bits per heavy atom. The van der Waals surface area contributed by atoms with Crippen molar-refractivity contribution in [2.45, 2.75) is 0 Å². The van der Waals surface area contributed by atoms with Crippen molar-refractivity contribution in [3.8, 4) is 0 Å². The van der Waals surface area contributed by atoms with E-state index >= 15 is 0 Å². The molecule has 16 N–H and O–H groups in total. The maximum Gasteiger partial charge on any atom is 0.558 e. The van der Waals surface area contributed by atoms with Crippen molar-refractivity contribution in [1.82, 2.24) is 11.0 Å². The predicted molar refractivity (Wildman–Crippen MR) is 52.1 cm³/mol. The van der Waals surface area contributed by atoms with Crippen LogP contribution in [-0.4, -0.2) is 40.0 Å². The highest BCUT2D eigenvalue weighted by atomic mass is 16.9. The van der Waals surface area contributed by atoms with Crippen LogP contribution in [0.4, 0.5) is 4.79 Å². The summed E-state index contributed by atoms with van der Waals surface area (Å²) in [7, 11) is 0. The van der Waals surface area contributed by atoms with E-state index in [1.807, 2.05) is 0 Å². The second-order valence-corrected chi connectivity index (χ2v) is 1.49. The molecule has 0 bridgehead atoms. The highest BCUT2D eigenvalue weighted by molar-refractivity contribution is 5.76. The fourth-order valence-corrected chi connectivity index (χ4v) is 0.214. The second-order valence-electron chi connectivity index (χ2n) is 1.49. The van der Waals surface area contributed by atoms with Gasteiger partial charge in [0.1, 0.15) is 0 Å². The lowest BCUT2D eigenvalue weighted by Gasteiger charge is -2.04. The molecule has 0 atom stereocenters. The average Bonchev–Trinajstić information content (AvgIpc) is 1.96. The lowest BCUT2D eigenvalue weighted by atomic mass is 11.1. The average molecular weight is 248 g/mol. The first-order chi connectivity index (χ1) is 5.52. The number of nitrogens with two attached hydrogens (primary N) is 2. The zero-order valence-electron chi connectivity index (χ0n) is 7.88. The van der Waals surface area contributed by atoms with Crippen LogP contribution in [0, 0.1) is 10.8 Å². The summed E-state index contributed by atoms with van der Waals surface area (Å²) in [5.41, 5.74) is 12.9. The van der Waals surface area contributed by atoms with Gasteiger partial charge in [0.2, 0.25) is 11.9 Å². The highest BCUT2D eigenvalue weighted by Gasteiger charge is 2.04. The molecule has 0 rings (SSSR count). The molecule has 13 nitrogen and oxygen atoms in total. The van der Waals surface area contributed by atoms with Gasteiger partial charge in [0.25, 0.3) is 0 Å². The minimum Gasteiger partial charge on any atom is -0.412 e. The summed E-state index contributed by atoms with van der Waals surface area (Å²) in [6, 6.07) is 0. The van der Waals surface area contributed by atoms with Gasteiger partial charge in [-0.25, -0.2) is 0 Å². The van der Waals surface area contributed by atoms with E-state index in [0.29, 0.717) is 0 Å². The number of hydrogen-bond acceptors (Lipinski definition) is 5. The molecular formula is C3H16N6O7. The molecular weight excluding hydrogens is 232 g/mol. The van der Waals surface area contributed by atoms with Gasteiger partial charge in [-0.1, -0.05) is 0 Å². The van der Waals surface area contributed by atoms with Crippen LogP contribution in [0.1, 0.15) is 0 Å². The normalized spacial score (nSPS) is 6.00. The summed E-state index contributed by atoms with van der Waals surface area (Å²) in [4.78, 5) is 18.3. The first-order valence-electron chi connectivity index (χ1n) is 2.60. The summed E-state index contributed by atoms with van der Waals surface area (Å²) in [6.07, 6.45) is -1.22. The number of carbonyl (C=O) groups excluding carboxylic acids is 1. The molecule has 0 heterocycles. The molecule has 0 amide bonds. The summed E-state index contributed by atoms with van der Waals surface area (Å²) in [5, 5.41) is 13.1. The Bertz CT molecular complexity index is 188. The molecule has 13 heteroatoms. The van der Waals surface area contributed by atoms with E-state index in [9.17, 15) is 4.79 Å². The summed E-state index contributed by atoms with van der Waals surface area (Å²) in [6.45, 7) is 0. The van der Waals surface area contributed by atoms with Crippen molar-refractivity contribution in [1.29, 1.82) is 10.8 Å². The van der Waals surface area contributed by atoms with Gasteiger partial charge in [0.15, 0.2) is 0 Å². The van der Waals surface area contributed by atoms with Crippen LogP contribution < -0.4 is 22.4 Å². The van der Waals surface area contributed by atoms with Crippen molar-refractivity contribution in [3.63, 3.8) is 0 Å². The molecule has 0 aromatic carbocycles. The van der Waals surface area contributed by atoms with E-state index in [-0.39, 0.29) is 21.9 Å². The Balaban J connectivity index is -0.000000101. The van der Waals surface area contributed by atoms with Gasteiger partial charge in [-0.05, 0) is 0 Å². The number of hydroxylamine groups is 2. The van der Waals surface area contributed by atoms with Crippen molar-refractivity contribution in [3.05, 3.63) is 0 Å². The third kappa shape index (κ3) is 22.6. The molecule has 0 fully saturated rings. The fourth-order valence-electron chi connectivity index (χ4n) is 0.214. The molecule has 0 aliphatic heterocycles. The largest absolute Gasteiger partial charge is 0.558 e. The van der Waals surface area contributed by atoms with Crippen LogP contribution in [-0.2, 0) is 9.68 Å². The number of rotatable bonds is 0. The standard InChI is InChI=1S/C3H8N6O3.4H2O/c4-1(5)8-11-3(10)12-9-2(6)7;;;;/h(H4,4,5,8)(H4,6,7,9);4*1H2. The SMILES string of the molecule is N=C(N)NOC(=O)ONC(=N)N.O.O.O.O. The van der Waals surface area contributed by atoms with Crippen LogP contribution in [0.15, 0.2) is 0 Å². The molecule has 0 radical (unpaired) electrons. The molecule has 0 unspecified atom stereocenters. The van der Waals surface area contributed by atoms with Crippen LogP contribution >= 0.6 is 0 Å². The second kappa shape index (κ2) is 15.1. The summed E-state index contributed by atoms with van der Waals surface area (Å²) in [5.74, 6) is -1.12. The van der Waals surface area contributed by atoms with Gasteiger partial charge in [-0.2, -0.15) is 15.8 Å². The van der Waals surface area contributed by atoms with Gasteiger partial charge in [-0.3, -0.25) is 10.8 Å². The predicted octanol–water partition coefficient (Wildman–Crippen LogP) is -5.36. The Hall–Kier alpha value is -2.35. The van der Waals surface area contributed by atoms with Crippen molar-refractivity contribution < 1.29 is 36.4 Å². The van der Waals surface area contributed by atoms with E-state index in [2.05, 4.69) is 9.68 Å². The molecule has 0 aliphatic carbocycles. The highest BCUT2D eigenvalue weighted by Crippen LogP contribution is 1.75. The van der Waals surface area contributed by atoms with Crippen molar-refractivity contribution in [2.75, 3.05) is 0 Å². The minimum absolute atomic E-state index is 0. The lowest BCUT2D eigenvalue weighted by Crippen LogP contribution is -2.37. The zero-order valence-corrected chi connectivity index (χ0v) is 7.88. The maximum atomic E-state index is 10.4. The Morgan fingerprint density at radius 3 is 1.31 bits per heavy atom. The summed E-state index contributed by atoms with van der Waals surface area (Å²) < 4.78 is 0. The third-order valence-electron chi connectivity index (χ3n) is 0.489. The number of hydrogen-bond donors (Lipinski definition) is 6. The smallest absolute Gasteiger partial charge is 0.412 e. The first-order valence-corrected chi connectivity index (χ1v) is 2.60. The first kappa shape index (κ1) is 29.2. The molecule has 0 saturated carbocycles. The van der Waals surface area contributed by atoms with Gasteiger partial charge in [0.05, 0.1) is 0 Å². The van der Waals surface area contributed by atoms with Gasteiger partial charge >= 0.3 is 6.16 Å². The Morgan fingerprint density at radius 2 is 1.12 bits per heavy atom. The van der Waals surface area contributed by atoms with Crippen LogP contribution in [0.5, 0.6) is 0 Å². The van der Waals surface area contributed by atoms with E-state index in [1.165, 1.54) is 0 Å². The zero-order chi connectivity index (χ0) is 9.56. The van der Waals surface area contributed by atoms with E-state index in [1.54, 1.807) is 11.0 Å². The molecule has 0 aromatic heterocycles. The molecule has 0 aromatic rings. The molecule has 0 aliphatic rings. The Labute approximate surface area is 88.8 Å². The quantitative estimate of drug-likeness (QED) is 0.137. The van der Waals surface area contributed by atoms with E-state index in [0.717, 1.165) is 0 Å². The fraction of sp³-hybridized carbons (Fsp3) is 0. The summed E-state index contributed by atoms with van der Waals surface area (Å²) >= 11 is 0. The van der Waals surface area contributed by atoms with Crippen LogP contribution in [0.2, 0.25) is 0 Å². The molecule has 16 heavy (non-hydrogen) atoms. The van der Waals surface area contributed by atoms with Crippen molar-refractivity contribution in [2.24, 2.45) is 11.5 Å². The monoisotopic (exact) mass is 248 g/mol. The van der Waals surface area contributed by atoms with Gasteiger partial charge in [0, 0.05) is 0 Å². The van der Waals surface area contributed by atoms with Crippen LogP contribution in [0.25, 0.3) is 0 Å². The van der Waals surface area contributed by atoms with E-state index in [4.69, 9.17) is 22.3 Å². The van der Waals surface area contributed by atoms with Crippen molar-refractivity contribution >= 4 is 18.1 Å². The topological polar surface area (TPSA) is 285 Å². The maximum absolute atomic E-state index is 10.4. The Kier molecular flexibility index (Phi) is 27.6. The molecule has 100 valence electrons.